The van der Waals surface area contributed by atoms with Crippen LogP contribution in [-0.2, 0) is 9.59 Å². The number of hydrogen-bond acceptors (Lipinski definition) is 5. The first kappa shape index (κ1) is 19.9. The summed E-state index contributed by atoms with van der Waals surface area (Å²) in [6.45, 7) is 1.31. The van der Waals surface area contributed by atoms with Crippen molar-refractivity contribution in [3.8, 4) is 0 Å². The molecule has 1 aliphatic heterocycles. The molecule has 2 atom stereocenters. The molecule has 0 unspecified atom stereocenters. The van der Waals surface area contributed by atoms with Gasteiger partial charge >= 0.3 is 5.97 Å². The van der Waals surface area contributed by atoms with Crippen LogP contribution < -0.4 is 10.2 Å². The number of anilines is 2. The second kappa shape index (κ2) is 7.65. The predicted molar refractivity (Wildman–Crippen MR) is 105 cm³/mol. The number of rotatable bonds is 4. The number of nitro groups is 1. The Bertz CT molecular complexity index is 982. The van der Waals surface area contributed by atoms with Crippen LogP contribution in [0.3, 0.4) is 0 Å². The monoisotopic (exact) mass is 423 g/mol. The molecule has 0 aromatic heterocycles. The maximum absolute atomic E-state index is 12.5. The second-order valence-corrected chi connectivity index (χ2v) is 7.15. The van der Waals surface area contributed by atoms with E-state index in [0.717, 1.165) is 0 Å². The summed E-state index contributed by atoms with van der Waals surface area (Å²) in [5.74, 6) is -1.51. The lowest BCUT2D eigenvalue weighted by atomic mass is 9.91. The van der Waals surface area contributed by atoms with Gasteiger partial charge in [-0.15, -0.1) is 0 Å². The highest BCUT2D eigenvalue weighted by Gasteiger charge is 2.37. The summed E-state index contributed by atoms with van der Waals surface area (Å²) in [5.41, 5.74) is 0.993. The van der Waals surface area contributed by atoms with Gasteiger partial charge in [-0.2, -0.15) is 0 Å². The average molecular weight is 424 g/mol. The lowest BCUT2D eigenvalue weighted by Crippen LogP contribution is -2.43. The Kier molecular flexibility index (Phi) is 5.44. The SMILES string of the molecule is CC(=O)N(c1cccc([N+](=O)[O-])c1)[C@@H]1C[C@@H](C(=O)O)Nc2cc(Cl)cc(Cl)c21. The fourth-order valence-electron chi connectivity index (χ4n) is 3.37. The van der Waals surface area contributed by atoms with Gasteiger partial charge in [0.2, 0.25) is 5.91 Å². The summed E-state index contributed by atoms with van der Waals surface area (Å²) in [7, 11) is 0. The van der Waals surface area contributed by atoms with E-state index in [-0.39, 0.29) is 22.8 Å². The number of aliphatic carboxylic acids is 1. The zero-order chi connectivity index (χ0) is 20.6. The third-order valence-corrected chi connectivity index (χ3v) is 5.01. The van der Waals surface area contributed by atoms with Crippen molar-refractivity contribution in [2.24, 2.45) is 0 Å². The molecule has 28 heavy (non-hydrogen) atoms. The van der Waals surface area contributed by atoms with E-state index in [4.69, 9.17) is 23.2 Å². The van der Waals surface area contributed by atoms with Gasteiger partial charge in [0.05, 0.1) is 16.7 Å². The zero-order valence-electron chi connectivity index (χ0n) is 14.6. The van der Waals surface area contributed by atoms with E-state index < -0.39 is 28.9 Å². The third-order valence-electron chi connectivity index (χ3n) is 4.48. The zero-order valence-corrected chi connectivity index (χ0v) is 16.1. The maximum atomic E-state index is 12.5. The highest BCUT2D eigenvalue weighted by Crippen LogP contribution is 2.44. The highest BCUT2D eigenvalue weighted by atomic mass is 35.5. The van der Waals surface area contributed by atoms with Gasteiger partial charge in [-0.1, -0.05) is 29.3 Å². The number of carbonyl (C=O) groups is 2. The summed E-state index contributed by atoms with van der Waals surface area (Å²) < 4.78 is 0. The molecule has 2 aromatic rings. The van der Waals surface area contributed by atoms with Crippen LogP contribution in [0.1, 0.15) is 24.9 Å². The first-order valence-electron chi connectivity index (χ1n) is 8.21. The third kappa shape index (κ3) is 3.74. The van der Waals surface area contributed by atoms with Crippen molar-refractivity contribution in [1.29, 1.82) is 0 Å². The minimum absolute atomic E-state index is 0.0198. The number of halogens is 2. The van der Waals surface area contributed by atoms with Crippen LogP contribution in [0.15, 0.2) is 36.4 Å². The number of fused-ring (bicyclic) bond motifs is 1. The van der Waals surface area contributed by atoms with Gasteiger partial charge in [0.15, 0.2) is 0 Å². The number of benzene rings is 2. The van der Waals surface area contributed by atoms with Crippen molar-refractivity contribution >= 4 is 52.1 Å². The van der Waals surface area contributed by atoms with E-state index in [1.165, 1.54) is 42.2 Å². The molecular weight excluding hydrogens is 409 g/mol. The Balaban J connectivity index is 2.18. The molecule has 146 valence electrons. The summed E-state index contributed by atoms with van der Waals surface area (Å²) >= 11 is 12.4. The minimum atomic E-state index is -1.10. The van der Waals surface area contributed by atoms with Crippen molar-refractivity contribution in [2.45, 2.75) is 25.4 Å². The van der Waals surface area contributed by atoms with E-state index in [9.17, 15) is 24.8 Å². The van der Waals surface area contributed by atoms with Crippen LogP contribution >= 0.6 is 23.2 Å². The van der Waals surface area contributed by atoms with E-state index >= 15 is 0 Å². The molecule has 0 bridgehead atoms. The van der Waals surface area contributed by atoms with Gasteiger partial charge in [-0.05, 0) is 18.2 Å². The Labute approximate surface area is 169 Å². The number of nitrogens with one attached hydrogen (secondary N) is 1. The predicted octanol–water partition coefficient (Wildman–Crippen LogP) is 4.26. The molecule has 2 aromatic carbocycles. The molecule has 0 saturated heterocycles. The molecule has 0 saturated carbocycles. The van der Waals surface area contributed by atoms with Crippen molar-refractivity contribution in [1.82, 2.24) is 0 Å². The quantitative estimate of drug-likeness (QED) is 0.560. The fraction of sp³-hybridized carbons (Fsp3) is 0.222. The van der Waals surface area contributed by atoms with Crippen LogP contribution in [0.25, 0.3) is 0 Å². The second-order valence-electron chi connectivity index (χ2n) is 6.30. The van der Waals surface area contributed by atoms with Crippen LogP contribution in [0.5, 0.6) is 0 Å². The number of amides is 1. The largest absolute Gasteiger partial charge is 0.480 e. The lowest BCUT2D eigenvalue weighted by molar-refractivity contribution is -0.384. The Morgan fingerprint density at radius 3 is 2.61 bits per heavy atom. The lowest BCUT2D eigenvalue weighted by Gasteiger charge is -2.38. The van der Waals surface area contributed by atoms with E-state index in [0.29, 0.717) is 16.3 Å². The molecule has 3 rings (SSSR count). The molecule has 0 fully saturated rings. The van der Waals surface area contributed by atoms with Crippen molar-refractivity contribution in [3.05, 3.63) is 62.1 Å². The first-order chi connectivity index (χ1) is 13.2. The molecule has 0 aliphatic carbocycles. The topological polar surface area (TPSA) is 113 Å². The molecule has 1 aliphatic rings. The van der Waals surface area contributed by atoms with Gasteiger partial charge in [0.25, 0.3) is 5.69 Å². The van der Waals surface area contributed by atoms with Gasteiger partial charge < -0.3 is 15.3 Å². The maximum Gasteiger partial charge on any atom is 0.326 e. The minimum Gasteiger partial charge on any atom is -0.480 e. The average Bonchev–Trinajstić information content (AvgIpc) is 2.60. The van der Waals surface area contributed by atoms with Gasteiger partial charge in [-0.25, -0.2) is 4.79 Å². The molecule has 8 nitrogen and oxygen atoms in total. The number of non-ortho nitro benzene ring substituents is 1. The van der Waals surface area contributed by atoms with Gasteiger partial charge in [0, 0.05) is 46.8 Å². The Hall–Kier alpha value is -2.84. The van der Waals surface area contributed by atoms with Gasteiger partial charge in [-0.3, -0.25) is 14.9 Å². The van der Waals surface area contributed by atoms with Crippen LogP contribution in [-0.4, -0.2) is 27.9 Å². The highest BCUT2D eigenvalue weighted by molar-refractivity contribution is 6.35. The Morgan fingerprint density at radius 1 is 1.29 bits per heavy atom. The van der Waals surface area contributed by atoms with Crippen molar-refractivity contribution in [3.63, 3.8) is 0 Å². The molecule has 0 spiro atoms. The first-order valence-corrected chi connectivity index (χ1v) is 8.97. The molecule has 10 heteroatoms. The fourth-order valence-corrected chi connectivity index (χ4v) is 3.98. The molecule has 2 N–H and O–H groups in total. The number of nitro benzene ring substituents is 1. The number of carbonyl (C=O) groups excluding carboxylic acids is 1. The number of carboxylic acid groups (broad SMARTS) is 1. The van der Waals surface area contributed by atoms with Crippen molar-refractivity contribution < 1.29 is 19.6 Å². The van der Waals surface area contributed by atoms with Crippen LogP contribution in [0, 0.1) is 10.1 Å². The van der Waals surface area contributed by atoms with Crippen LogP contribution in [0.4, 0.5) is 17.1 Å². The van der Waals surface area contributed by atoms with E-state index in [2.05, 4.69) is 5.32 Å². The summed E-state index contributed by atoms with van der Waals surface area (Å²) in [4.78, 5) is 36.0. The number of hydrogen-bond donors (Lipinski definition) is 2. The molecule has 1 amide bonds. The smallest absolute Gasteiger partial charge is 0.326 e. The van der Waals surface area contributed by atoms with E-state index in [1.807, 2.05) is 0 Å². The van der Waals surface area contributed by atoms with Crippen molar-refractivity contribution in [2.75, 3.05) is 10.2 Å². The normalized spacial score (nSPS) is 18.0. The molecular formula is C18H15Cl2N3O5. The number of carboxylic acids is 1. The molecule has 1 heterocycles. The van der Waals surface area contributed by atoms with Crippen LogP contribution in [0.2, 0.25) is 10.0 Å². The number of nitrogens with zero attached hydrogens (tertiary/aromatic N) is 2. The standard InChI is InChI=1S/C18H15Cl2N3O5/c1-9(24)22(11-3-2-4-12(7-11)23(27)28)16-8-15(18(25)26)21-14-6-10(19)5-13(20)17(14)16/h2-7,15-16,21H,8H2,1H3,(H,25,26)/t15-,16+/m0/s1. The summed E-state index contributed by atoms with van der Waals surface area (Å²) in [6.07, 6.45) is 0.0198. The van der Waals surface area contributed by atoms with E-state index in [1.54, 1.807) is 6.07 Å². The Morgan fingerprint density at radius 2 is 2.00 bits per heavy atom. The summed E-state index contributed by atoms with van der Waals surface area (Å²) in [6, 6.07) is 6.89. The molecule has 0 radical (unpaired) electrons. The van der Waals surface area contributed by atoms with Gasteiger partial charge in [0.1, 0.15) is 6.04 Å². The summed E-state index contributed by atoms with van der Waals surface area (Å²) in [5, 5.41) is 24.1.